The van der Waals surface area contributed by atoms with Gasteiger partial charge in [-0.3, -0.25) is 9.59 Å². The number of esters is 1. The summed E-state index contributed by atoms with van der Waals surface area (Å²) in [5.74, 6) is -0.261. The molecule has 0 aliphatic rings. The SMILES string of the molecule is COC(=O)CCc1ccc(NC(=O)CCC(C)N)cc1. The lowest BCUT2D eigenvalue weighted by atomic mass is 10.1. The van der Waals surface area contributed by atoms with Crippen LogP contribution in [0.2, 0.25) is 0 Å². The highest BCUT2D eigenvalue weighted by molar-refractivity contribution is 5.90. The molecule has 1 unspecified atom stereocenters. The molecule has 1 aromatic carbocycles. The highest BCUT2D eigenvalue weighted by atomic mass is 16.5. The Labute approximate surface area is 119 Å². The summed E-state index contributed by atoms with van der Waals surface area (Å²) in [6.07, 6.45) is 2.08. The van der Waals surface area contributed by atoms with E-state index in [4.69, 9.17) is 5.73 Å². The number of amides is 1. The number of hydrogen-bond acceptors (Lipinski definition) is 4. The molecular formula is C15H22N2O3. The maximum Gasteiger partial charge on any atom is 0.305 e. The van der Waals surface area contributed by atoms with Crippen LogP contribution in [0.5, 0.6) is 0 Å². The van der Waals surface area contributed by atoms with Crippen LogP contribution in [0.25, 0.3) is 0 Å². The first-order valence-electron chi connectivity index (χ1n) is 6.72. The predicted molar refractivity (Wildman–Crippen MR) is 78.3 cm³/mol. The van der Waals surface area contributed by atoms with Crippen LogP contribution in [0.15, 0.2) is 24.3 Å². The van der Waals surface area contributed by atoms with E-state index in [0.29, 0.717) is 25.7 Å². The second-order valence-electron chi connectivity index (χ2n) is 4.84. The summed E-state index contributed by atoms with van der Waals surface area (Å²) in [6, 6.07) is 7.47. The first kappa shape index (κ1) is 16.2. The first-order chi connectivity index (χ1) is 9.51. The zero-order chi connectivity index (χ0) is 15.0. The molecule has 20 heavy (non-hydrogen) atoms. The number of anilines is 1. The Morgan fingerprint density at radius 3 is 2.45 bits per heavy atom. The third-order valence-electron chi connectivity index (χ3n) is 2.91. The Balaban J connectivity index is 2.42. The molecule has 0 heterocycles. The second-order valence-corrected chi connectivity index (χ2v) is 4.84. The van der Waals surface area contributed by atoms with Gasteiger partial charge in [-0.05, 0) is 37.5 Å². The monoisotopic (exact) mass is 278 g/mol. The van der Waals surface area contributed by atoms with Crippen LogP contribution < -0.4 is 11.1 Å². The topological polar surface area (TPSA) is 81.4 Å². The summed E-state index contributed by atoms with van der Waals surface area (Å²) in [6.45, 7) is 1.88. The van der Waals surface area contributed by atoms with Crippen molar-refractivity contribution in [2.75, 3.05) is 12.4 Å². The molecule has 0 radical (unpaired) electrons. The van der Waals surface area contributed by atoms with E-state index in [1.807, 2.05) is 31.2 Å². The predicted octanol–water partition coefficient (Wildman–Crippen LogP) is 1.86. The molecule has 0 aromatic heterocycles. The van der Waals surface area contributed by atoms with Crippen LogP contribution in [0, 0.1) is 0 Å². The van der Waals surface area contributed by atoms with Crippen molar-refractivity contribution in [1.82, 2.24) is 0 Å². The third-order valence-corrected chi connectivity index (χ3v) is 2.91. The average Bonchev–Trinajstić information content (AvgIpc) is 2.44. The van der Waals surface area contributed by atoms with Crippen LogP contribution >= 0.6 is 0 Å². The van der Waals surface area contributed by atoms with E-state index >= 15 is 0 Å². The number of carbonyl (C=O) groups is 2. The Morgan fingerprint density at radius 1 is 1.25 bits per heavy atom. The van der Waals surface area contributed by atoms with E-state index in [-0.39, 0.29) is 17.9 Å². The van der Waals surface area contributed by atoms with Crippen molar-refractivity contribution in [2.45, 2.75) is 38.6 Å². The van der Waals surface area contributed by atoms with Gasteiger partial charge in [0.2, 0.25) is 5.91 Å². The molecule has 0 spiro atoms. The largest absolute Gasteiger partial charge is 0.469 e. The van der Waals surface area contributed by atoms with Crippen molar-refractivity contribution in [2.24, 2.45) is 5.73 Å². The van der Waals surface area contributed by atoms with E-state index in [1.165, 1.54) is 7.11 Å². The van der Waals surface area contributed by atoms with Crippen molar-refractivity contribution < 1.29 is 14.3 Å². The fourth-order valence-electron chi connectivity index (χ4n) is 1.69. The minimum atomic E-state index is -0.224. The minimum absolute atomic E-state index is 0.0291. The van der Waals surface area contributed by atoms with Crippen molar-refractivity contribution in [3.63, 3.8) is 0 Å². The summed E-state index contributed by atoms with van der Waals surface area (Å²) >= 11 is 0. The van der Waals surface area contributed by atoms with Gasteiger partial charge in [-0.2, -0.15) is 0 Å². The van der Waals surface area contributed by atoms with Gasteiger partial charge >= 0.3 is 5.97 Å². The molecule has 0 bridgehead atoms. The molecule has 1 rings (SSSR count). The molecule has 0 fully saturated rings. The lowest BCUT2D eigenvalue weighted by molar-refractivity contribution is -0.140. The number of nitrogens with one attached hydrogen (secondary N) is 1. The highest BCUT2D eigenvalue weighted by Crippen LogP contribution is 2.12. The van der Waals surface area contributed by atoms with Gasteiger partial charge in [-0.25, -0.2) is 0 Å². The van der Waals surface area contributed by atoms with E-state index in [0.717, 1.165) is 11.3 Å². The lowest BCUT2D eigenvalue weighted by Crippen LogP contribution is -2.19. The van der Waals surface area contributed by atoms with Gasteiger partial charge in [0.05, 0.1) is 7.11 Å². The fourth-order valence-corrected chi connectivity index (χ4v) is 1.69. The smallest absolute Gasteiger partial charge is 0.305 e. The molecule has 1 aromatic rings. The van der Waals surface area contributed by atoms with Gasteiger partial charge in [0, 0.05) is 24.6 Å². The van der Waals surface area contributed by atoms with Crippen LogP contribution in [0.4, 0.5) is 5.69 Å². The van der Waals surface area contributed by atoms with Crippen molar-refractivity contribution >= 4 is 17.6 Å². The molecule has 3 N–H and O–H groups in total. The number of nitrogens with two attached hydrogens (primary N) is 1. The number of benzene rings is 1. The normalized spacial score (nSPS) is 11.8. The maximum absolute atomic E-state index is 11.6. The number of rotatable bonds is 7. The highest BCUT2D eigenvalue weighted by Gasteiger charge is 2.05. The van der Waals surface area contributed by atoms with E-state index in [2.05, 4.69) is 10.1 Å². The summed E-state index contributed by atoms with van der Waals surface area (Å²) in [4.78, 5) is 22.7. The average molecular weight is 278 g/mol. The Kier molecular flexibility index (Phi) is 6.73. The Bertz CT molecular complexity index is 441. The van der Waals surface area contributed by atoms with Crippen LogP contribution in [-0.2, 0) is 20.7 Å². The number of hydrogen-bond donors (Lipinski definition) is 2. The van der Waals surface area contributed by atoms with Gasteiger partial charge in [0.1, 0.15) is 0 Å². The lowest BCUT2D eigenvalue weighted by Gasteiger charge is -2.08. The van der Waals surface area contributed by atoms with Gasteiger partial charge < -0.3 is 15.8 Å². The number of ether oxygens (including phenoxy) is 1. The van der Waals surface area contributed by atoms with Gasteiger partial charge in [0.25, 0.3) is 0 Å². The van der Waals surface area contributed by atoms with Gasteiger partial charge in [-0.1, -0.05) is 12.1 Å². The number of methoxy groups -OCH3 is 1. The first-order valence-corrected chi connectivity index (χ1v) is 6.72. The Morgan fingerprint density at radius 2 is 1.90 bits per heavy atom. The summed E-state index contributed by atoms with van der Waals surface area (Å²) in [5.41, 5.74) is 7.39. The maximum atomic E-state index is 11.6. The molecule has 1 amide bonds. The van der Waals surface area contributed by atoms with E-state index in [1.54, 1.807) is 0 Å². The quantitative estimate of drug-likeness (QED) is 0.746. The zero-order valence-electron chi connectivity index (χ0n) is 12.0. The minimum Gasteiger partial charge on any atom is -0.469 e. The summed E-state index contributed by atoms with van der Waals surface area (Å²) < 4.78 is 4.59. The molecule has 5 heteroatoms. The third kappa shape index (κ3) is 6.33. The molecule has 0 aliphatic heterocycles. The fraction of sp³-hybridized carbons (Fsp3) is 0.467. The van der Waals surface area contributed by atoms with Crippen molar-refractivity contribution in [1.29, 1.82) is 0 Å². The Hall–Kier alpha value is -1.88. The molecule has 0 saturated heterocycles. The second kappa shape index (κ2) is 8.32. The van der Waals surface area contributed by atoms with Crippen LogP contribution in [-0.4, -0.2) is 25.0 Å². The summed E-state index contributed by atoms with van der Waals surface area (Å²) in [7, 11) is 1.38. The molecule has 110 valence electrons. The molecule has 0 saturated carbocycles. The number of aryl methyl sites for hydroxylation is 1. The summed E-state index contributed by atoms with van der Waals surface area (Å²) in [5, 5.41) is 2.81. The van der Waals surface area contributed by atoms with Crippen molar-refractivity contribution in [3.8, 4) is 0 Å². The van der Waals surface area contributed by atoms with E-state index in [9.17, 15) is 9.59 Å². The number of carbonyl (C=O) groups excluding carboxylic acids is 2. The molecular weight excluding hydrogens is 256 g/mol. The van der Waals surface area contributed by atoms with Crippen molar-refractivity contribution in [3.05, 3.63) is 29.8 Å². The van der Waals surface area contributed by atoms with Gasteiger partial charge in [0.15, 0.2) is 0 Å². The molecule has 1 atom stereocenters. The van der Waals surface area contributed by atoms with E-state index < -0.39 is 0 Å². The van der Waals surface area contributed by atoms with Crippen LogP contribution in [0.3, 0.4) is 0 Å². The molecule has 5 nitrogen and oxygen atoms in total. The molecule has 0 aliphatic carbocycles. The van der Waals surface area contributed by atoms with Gasteiger partial charge in [-0.15, -0.1) is 0 Å². The zero-order valence-corrected chi connectivity index (χ0v) is 12.0. The standard InChI is InChI=1S/C15H22N2O3/c1-11(16)3-9-14(18)17-13-7-4-12(5-8-13)6-10-15(19)20-2/h4-5,7-8,11H,3,6,9-10,16H2,1-2H3,(H,17,18). The van der Waals surface area contributed by atoms with Crippen LogP contribution in [0.1, 0.15) is 31.7 Å².